The highest BCUT2D eigenvalue weighted by atomic mass is 15.2. The SMILES string of the molecule is Cc1cc(C)nc(Nc2cc(C)nc([C@@H]3CCN(Cc4cccnc4)C3)n2)n1. The molecule has 0 aliphatic carbocycles. The summed E-state index contributed by atoms with van der Waals surface area (Å²) in [7, 11) is 0. The maximum absolute atomic E-state index is 4.77. The van der Waals surface area contributed by atoms with Crippen LogP contribution in [0.15, 0.2) is 36.7 Å². The van der Waals surface area contributed by atoms with E-state index in [0.29, 0.717) is 11.9 Å². The van der Waals surface area contributed by atoms with E-state index in [1.165, 1.54) is 5.56 Å². The summed E-state index contributed by atoms with van der Waals surface area (Å²) in [5.74, 6) is 2.54. The number of hydrogen-bond acceptors (Lipinski definition) is 7. The van der Waals surface area contributed by atoms with Crippen molar-refractivity contribution in [3.63, 3.8) is 0 Å². The van der Waals surface area contributed by atoms with Gasteiger partial charge < -0.3 is 5.32 Å². The first-order valence-corrected chi connectivity index (χ1v) is 9.61. The first kappa shape index (κ1) is 18.4. The lowest BCUT2D eigenvalue weighted by molar-refractivity contribution is 0.325. The zero-order valence-corrected chi connectivity index (χ0v) is 16.6. The van der Waals surface area contributed by atoms with Crippen LogP contribution in [0, 0.1) is 20.8 Å². The van der Waals surface area contributed by atoms with Gasteiger partial charge in [-0.1, -0.05) is 6.07 Å². The largest absolute Gasteiger partial charge is 0.309 e. The van der Waals surface area contributed by atoms with Gasteiger partial charge in [-0.15, -0.1) is 0 Å². The Morgan fingerprint density at radius 2 is 1.82 bits per heavy atom. The standard InChI is InChI=1S/C21H25N7/c1-14-9-15(2)25-21(24-14)27-19-10-16(3)23-20(26-19)18-6-8-28(13-18)12-17-5-4-7-22-11-17/h4-5,7,9-11,18H,6,8,12-13H2,1-3H3,(H,23,24,25,26,27)/t18-/m1/s1. The summed E-state index contributed by atoms with van der Waals surface area (Å²) in [6.07, 6.45) is 4.80. The molecule has 0 bridgehead atoms. The van der Waals surface area contributed by atoms with E-state index >= 15 is 0 Å². The molecule has 1 saturated heterocycles. The van der Waals surface area contributed by atoms with Crippen LogP contribution in [0.2, 0.25) is 0 Å². The quantitative estimate of drug-likeness (QED) is 0.733. The minimum absolute atomic E-state index is 0.331. The molecule has 7 nitrogen and oxygen atoms in total. The fourth-order valence-corrected chi connectivity index (χ4v) is 3.67. The summed E-state index contributed by atoms with van der Waals surface area (Å²) in [5, 5.41) is 3.25. The summed E-state index contributed by atoms with van der Waals surface area (Å²) in [4.78, 5) is 25.0. The number of aryl methyl sites for hydroxylation is 3. The summed E-state index contributed by atoms with van der Waals surface area (Å²) < 4.78 is 0. The Kier molecular flexibility index (Phi) is 5.25. The van der Waals surface area contributed by atoms with Crippen LogP contribution >= 0.6 is 0 Å². The summed E-state index contributed by atoms with van der Waals surface area (Å²) >= 11 is 0. The molecule has 1 aliphatic heterocycles. The highest BCUT2D eigenvalue weighted by Crippen LogP contribution is 2.27. The first-order valence-electron chi connectivity index (χ1n) is 9.61. The van der Waals surface area contributed by atoms with Gasteiger partial charge in [0.05, 0.1) is 0 Å². The second kappa shape index (κ2) is 7.98. The van der Waals surface area contributed by atoms with Crippen LogP contribution in [0.4, 0.5) is 11.8 Å². The van der Waals surface area contributed by atoms with Crippen LogP contribution in [-0.2, 0) is 6.54 Å². The van der Waals surface area contributed by atoms with Crippen molar-refractivity contribution in [3.8, 4) is 0 Å². The Balaban J connectivity index is 1.48. The fourth-order valence-electron chi connectivity index (χ4n) is 3.67. The third-order valence-electron chi connectivity index (χ3n) is 4.86. The predicted molar refractivity (Wildman–Crippen MR) is 108 cm³/mol. The van der Waals surface area contributed by atoms with E-state index in [9.17, 15) is 0 Å². The smallest absolute Gasteiger partial charge is 0.228 e. The van der Waals surface area contributed by atoms with Gasteiger partial charge in [0.2, 0.25) is 5.95 Å². The maximum atomic E-state index is 4.77. The monoisotopic (exact) mass is 375 g/mol. The summed E-state index contributed by atoms with van der Waals surface area (Å²) in [6, 6.07) is 8.00. The molecule has 0 aromatic carbocycles. The van der Waals surface area contributed by atoms with Crippen LogP contribution in [0.25, 0.3) is 0 Å². The molecule has 3 aromatic heterocycles. The van der Waals surface area contributed by atoms with E-state index in [1.54, 1.807) is 0 Å². The number of nitrogens with zero attached hydrogens (tertiary/aromatic N) is 6. The predicted octanol–water partition coefficient (Wildman–Crippen LogP) is 3.32. The number of hydrogen-bond donors (Lipinski definition) is 1. The Labute approximate surface area is 165 Å². The van der Waals surface area contributed by atoms with Gasteiger partial charge in [-0.3, -0.25) is 9.88 Å². The average Bonchev–Trinajstić information content (AvgIpc) is 3.10. The number of anilines is 2. The molecule has 4 rings (SSSR count). The van der Waals surface area contributed by atoms with E-state index < -0.39 is 0 Å². The third-order valence-corrected chi connectivity index (χ3v) is 4.86. The molecule has 0 saturated carbocycles. The van der Waals surface area contributed by atoms with Crippen molar-refractivity contribution >= 4 is 11.8 Å². The molecular formula is C21H25N7. The van der Waals surface area contributed by atoms with Crippen molar-refractivity contribution in [3.05, 3.63) is 65.1 Å². The molecule has 0 radical (unpaired) electrons. The number of aromatic nitrogens is 5. The fraction of sp³-hybridized carbons (Fsp3) is 0.381. The molecule has 0 unspecified atom stereocenters. The number of nitrogens with one attached hydrogen (secondary N) is 1. The van der Waals surface area contributed by atoms with Crippen molar-refractivity contribution in [2.45, 2.75) is 39.7 Å². The van der Waals surface area contributed by atoms with Crippen LogP contribution < -0.4 is 5.32 Å². The number of likely N-dealkylation sites (tertiary alicyclic amines) is 1. The van der Waals surface area contributed by atoms with Crippen LogP contribution in [0.3, 0.4) is 0 Å². The second-order valence-corrected chi connectivity index (χ2v) is 7.43. The lowest BCUT2D eigenvalue weighted by Crippen LogP contribution is -2.20. The zero-order chi connectivity index (χ0) is 19.5. The Hall–Kier alpha value is -2.93. The highest BCUT2D eigenvalue weighted by molar-refractivity contribution is 5.48. The lowest BCUT2D eigenvalue weighted by Gasteiger charge is -2.16. The molecule has 0 spiro atoms. The summed E-state index contributed by atoms with van der Waals surface area (Å²) in [5.41, 5.74) is 4.05. The number of rotatable bonds is 5. The van der Waals surface area contributed by atoms with Crippen molar-refractivity contribution in [1.29, 1.82) is 0 Å². The van der Waals surface area contributed by atoms with Gasteiger partial charge in [0.1, 0.15) is 11.6 Å². The molecular weight excluding hydrogens is 350 g/mol. The molecule has 7 heteroatoms. The topological polar surface area (TPSA) is 79.7 Å². The first-order chi connectivity index (χ1) is 13.5. The molecule has 1 aliphatic rings. The second-order valence-electron chi connectivity index (χ2n) is 7.43. The number of pyridine rings is 1. The van der Waals surface area contributed by atoms with Crippen molar-refractivity contribution in [2.24, 2.45) is 0 Å². The van der Waals surface area contributed by atoms with Crippen molar-refractivity contribution in [2.75, 3.05) is 18.4 Å². The van der Waals surface area contributed by atoms with Gasteiger partial charge >= 0.3 is 0 Å². The average molecular weight is 375 g/mol. The molecule has 1 atom stereocenters. The molecule has 144 valence electrons. The van der Waals surface area contributed by atoms with Crippen LogP contribution in [0.1, 0.15) is 40.8 Å². The normalized spacial score (nSPS) is 17.0. The molecule has 4 heterocycles. The van der Waals surface area contributed by atoms with E-state index in [-0.39, 0.29) is 0 Å². The van der Waals surface area contributed by atoms with Crippen molar-refractivity contribution < 1.29 is 0 Å². The van der Waals surface area contributed by atoms with E-state index in [4.69, 9.17) is 9.97 Å². The van der Waals surface area contributed by atoms with E-state index in [1.807, 2.05) is 51.4 Å². The van der Waals surface area contributed by atoms with Crippen molar-refractivity contribution in [1.82, 2.24) is 29.8 Å². The Morgan fingerprint density at radius 1 is 1.04 bits per heavy atom. The van der Waals surface area contributed by atoms with Crippen LogP contribution in [0.5, 0.6) is 0 Å². The Bertz CT molecular complexity index is 938. The van der Waals surface area contributed by atoms with Gasteiger partial charge in [0.15, 0.2) is 0 Å². The van der Waals surface area contributed by atoms with Gasteiger partial charge in [-0.2, -0.15) is 0 Å². The zero-order valence-electron chi connectivity index (χ0n) is 16.6. The van der Waals surface area contributed by atoms with Gasteiger partial charge in [0.25, 0.3) is 0 Å². The van der Waals surface area contributed by atoms with E-state index in [2.05, 4.69) is 31.2 Å². The molecule has 1 N–H and O–H groups in total. The van der Waals surface area contributed by atoms with E-state index in [0.717, 1.165) is 54.8 Å². The minimum atomic E-state index is 0.331. The lowest BCUT2D eigenvalue weighted by atomic mass is 10.1. The van der Waals surface area contributed by atoms with Crippen LogP contribution in [-0.4, -0.2) is 42.9 Å². The summed E-state index contributed by atoms with van der Waals surface area (Å²) in [6.45, 7) is 8.84. The van der Waals surface area contributed by atoms with Gasteiger partial charge in [-0.05, 0) is 51.4 Å². The minimum Gasteiger partial charge on any atom is -0.309 e. The third kappa shape index (κ3) is 4.48. The molecule has 3 aromatic rings. The molecule has 0 amide bonds. The van der Waals surface area contributed by atoms with Gasteiger partial charge in [0, 0.05) is 54.5 Å². The molecule has 1 fully saturated rings. The maximum Gasteiger partial charge on any atom is 0.228 e. The Morgan fingerprint density at radius 3 is 2.57 bits per heavy atom. The highest BCUT2D eigenvalue weighted by Gasteiger charge is 2.26. The van der Waals surface area contributed by atoms with Gasteiger partial charge in [-0.25, -0.2) is 19.9 Å². The molecule has 28 heavy (non-hydrogen) atoms.